The second kappa shape index (κ2) is 7.53. The van der Waals surface area contributed by atoms with Gasteiger partial charge in [-0.2, -0.15) is 0 Å². The van der Waals surface area contributed by atoms with Gasteiger partial charge in [-0.05, 0) is 56.6 Å². The number of piperidine rings is 1. The van der Waals surface area contributed by atoms with Crippen molar-refractivity contribution in [1.29, 1.82) is 0 Å². The van der Waals surface area contributed by atoms with Crippen LogP contribution in [-0.2, 0) is 6.54 Å². The minimum absolute atomic E-state index is 0.0655. The highest BCUT2D eigenvalue weighted by atomic mass is 16.2. The maximum atomic E-state index is 13.3. The number of imidazole rings is 1. The van der Waals surface area contributed by atoms with E-state index in [0.717, 1.165) is 38.0 Å². The van der Waals surface area contributed by atoms with E-state index in [-0.39, 0.29) is 11.9 Å². The molecule has 0 unspecified atom stereocenters. The molecule has 0 bridgehead atoms. The minimum atomic E-state index is 0.0655. The summed E-state index contributed by atoms with van der Waals surface area (Å²) in [6.07, 6.45) is 6.82. The highest BCUT2D eigenvalue weighted by Gasteiger charge is 2.30. The van der Waals surface area contributed by atoms with Gasteiger partial charge in [0.2, 0.25) is 0 Å². The van der Waals surface area contributed by atoms with Gasteiger partial charge in [-0.1, -0.05) is 30.3 Å². The number of carbonyl (C=O) groups is 1. The molecule has 2 aromatic heterocycles. The Bertz CT molecular complexity index is 929. The van der Waals surface area contributed by atoms with E-state index < -0.39 is 0 Å². The zero-order valence-corrected chi connectivity index (χ0v) is 16.0. The fourth-order valence-electron chi connectivity index (χ4n) is 3.97. The third-order valence-electron chi connectivity index (χ3n) is 5.26. The number of aromatic nitrogens is 2. The number of fused-ring (bicyclic) bond motifs is 1. The molecular formula is C22H26N4O. The summed E-state index contributed by atoms with van der Waals surface area (Å²) < 4.78 is 1.88. The van der Waals surface area contributed by atoms with E-state index in [1.54, 1.807) is 6.20 Å². The van der Waals surface area contributed by atoms with Crippen molar-refractivity contribution in [2.45, 2.75) is 31.8 Å². The molecule has 3 heterocycles. The number of nitrogens with zero attached hydrogens (tertiary/aromatic N) is 4. The van der Waals surface area contributed by atoms with Crippen molar-refractivity contribution >= 4 is 11.6 Å². The summed E-state index contributed by atoms with van der Waals surface area (Å²) in [7, 11) is 4.15. The smallest absolute Gasteiger partial charge is 0.273 e. The predicted molar refractivity (Wildman–Crippen MR) is 107 cm³/mol. The average molecular weight is 362 g/mol. The number of carbonyl (C=O) groups excluding carboxylic acids is 1. The average Bonchev–Trinajstić information content (AvgIpc) is 3.12. The topological polar surface area (TPSA) is 40.8 Å². The number of pyridine rings is 1. The standard InChI is InChI=1S/C22H26N4O/c1-24(2)16-17-9-11-18(12-10-17)19-7-3-5-14-26(19)22(27)20-15-23-21-8-4-6-13-25(20)21/h4,6,8-13,15,19H,3,5,7,14,16H2,1-2H3/t19-/m1/s1. The Labute approximate surface area is 160 Å². The Kier molecular flexibility index (Phi) is 4.94. The summed E-state index contributed by atoms with van der Waals surface area (Å²) in [4.78, 5) is 21.9. The van der Waals surface area contributed by atoms with Crippen LogP contribution in [0.5, 0.6) is 0 Å². The van der Waals surface area contributed by atoms with Crippen molar-refractivity contribution in [3.63, 3.8) is 0 Å². The van der Waals surface area contributed by atoms with E-state index in [1.165, 1.54) is 11.1 Å². The van der Waals surface area contributed by atoms with E-state index in [0.29, 0.717) is 5.69 Å². The molecule has 140 valence electrons. The van der Waals surface area contributed by atoms with Gasteiger partial charge in [0.15, 0.2) is 0 Å². The Hall–Kier alpha value is -2.66. The van der Waals surface area contributed by atoms with E-state index in [2.05, 4.69) is 48.2 Å². The molecule has 0 spiro atoms. The van der Waals surface area contributed by atoms with Gasteiger partial charge in [-0.3, -0.25) is 9.20 Å². The second-order valence-electron chi connectivity index (χ2n) is 7.56. The molecule has 27 heavy (non-hydrogen) atoms. The largest absolute Gasteiger partial charge is 0.330 e. The summed E-state index contributed by atoms with van der Waals surface area (Å²) in [6, 6.07) is 14.7. The van der Waals surface area contributed by atoms with Crippen LogP contribution in [0.25, 0.3) is 5.65 Å². The molecule has 0 aliphatic carbocycles. The zero-order chi connectivity index (χ0) is 18.8. The first kappa shape index (κ1) is 17.7. The molecule has 1 amide bonds. The number of rotatable bonds is 4. The van der Waals surface area contributed by atoms with Crippen molar-refractivity contribution in [1.82, 2.24) is 19.2 Å². The molecule has 1 saturated heterocycles. The first-order chi connectivity index (χ1) is 13.1. The number of hydrogen-bond acceptors (Lipinski definition) is 3. The summed E-state index contributed by atoms with van der Waals surface area (Å²) in [6.45, 7) is 1.72. The van der Waals surface area contributed by atoms with Gasteiger partial charge >= 0.3 is 0 Å². The van der Waals surface area contributed by atoms with Crippen molar-refractivity contribution in [3.8, 4) is 0 Å². The summed E-state index contributed by atoms with van der Waals surface area (Å²) in [5, 5.41) is 0. The van der Waals surface area contributed by atoms with Gasteiger partial charge in [0, 0.05) is 19.3 Å². The van der Waals surface area contributed by atoms with Gasteiger partial charge in [0.05, 0.1) is 12.2 Å². The first-order valence-corrected chi connectivity index (χ1v) is 9.60. The Morgan fingerprint density at radius 3 is 2.74 bits per heavy atom. The van der Waals surface area contributed by atoms with Crippen LogP contribution < -0.4 is 0 Å². The number of amides is 1. The molecule has 3 aromatic rings. The number of likely N-dealkylation sites (tertiary alicyclic amines) is 1. The van der Waals surface area contributed by atoms with E-state index in [9.17, 15) is 4.79 Å². The monoisotopic (exact) mass is 362 g/mol. The van der Waals surface area contributed by atoms with Crippen LogP contribution in [0.1, 0.15) is 46.9 Å². The molecule has 4 rings (SSSR count). The lowest BCUT2D eigenvalue weighted by molar-refractivity contribution is 0.0604. The van der Waals surface area contributed by atoms with Crippen LogP contribution in [0.4, 0.5) is 0 Å². The van der Waals surface area contributed by atoms with Gasteiger partial charge < -0.3 is 9.80 Å². The van der Waals surface area contributed by atoms with Gasteiger partial charge in [-0.25, -0.2) is 4.98 Å². The second-order valence-corrected chi connectivity index (χ2v) is 7.56. The van der Waals surface area contributed by atoms with Crippen molar-refractivity contribution in [2.24, 2.45) is 0 Å². The van der Waals surface area contributed by atoms with E-state index >= 15 is 0 Å². The van der Waals surface area contributed by atoms with Gasteiger partial charge in [0.25, 0.3) is 5.91 Å². The van der Waals surface area contributed by atoms with E-state index in [1.807, 2.05) is 33.7 Å². The van der Waals surface area contributed by atoms with Crippen LogP contribution in [0.15, 0.2) is 54.9 Å². The van der Waals surface area contributed by atoms with Crippen LogP contribution >= 0.6 is 0 Å². The maximum Gasteiger partial charge on any atom is 0.273 e. The summed E-state index contributed by atoms with van der Waals surface area (Å²) in [5.41, 5.74) is 3.96. The zero-order valence-electron chi connectivity index (χ0n) is 16.0. The minimum Gasteiger partial charge on any atom is -0.330 e. The number of benzene rings is 1. The van der Waals surface area contributed by atoms with Crippen LogP contribution in [0.3, 0.4) is 0 Å². The van der Waals surface area contributed by atoms with Gasteiger partial charge in [-0.15, -0.1) is 0 Å². The Balaban J connectivity index is 1.61. The number of hydrogen-bond donors (Lipinski definition) is 0. The van der Waals surface area contributed by atoms with Crippen molar-refractivity contribution in [3.05, 3.63) is 71.7 Å². The molecule has 1 aliphatic heterocycles. The first-order valence-electron chi connectivity index (χ1n) is 9.60. The highest BCUT2D eigenvalue weighted by molar-refractivity contribution is 5.93. The molecular weight excluding hydrogens is 336 g/mol. The third kappa shape index (κ3) is 3.60. The predicted octanol–water partition coefficient (Wildman–Crippen LogP) is 3.76. The normalized spacial score (nSPS) is 17.6. The molecule has 1 aromatic carbocycles. The molecule has 0 radical (unpaired) electrons. The van der Waals surface area contributed by atoms with Crippen LogP contribution in [-0.4, -0.2) is 45.7 Å². The Morgan fingerprint density at radius 1 is 1.15 bits per heavy atom. The molecule has 1 aliphatic rings. The van der Waals surface area contributed by atoms with E-state index in [4.69, 9.17) is 0 Å². The quantitative estimate of drug-likeness (QED) is 0.709. The summed E-state index contributed by atoms with van der Waals surface area (Å²) in [5.74, 6) is 0.0655. The lowest BCUT2D eigenvalue weighted by Crippen LogP contribution is -2.39. The molecule has 5 heteroatoms. The molecule has 5 nitrogen and oxygen atoms in total. The summed E-state index contributed by atoms with van der Waals surface area (Å²) >= 11 is 0. The molecule has 1 fully saturated rings. The fourth-order valence-corrected chi connectivity index (χ4v) is 3.97. The van der Waals surface area contributed by atoms with Crippen molar-refractivity contribution in [2.75, 3.05) is 20.6 Å². The molecule has 1 atom stereocenters. The van der Waals surface area contributed by atoms with Gasteiger partial charge in [0.1, 0.15) is 11.3 Å². The molecule has 0 saturated carbocycles. The Morgan fingerprint density at radius 2 is 1.96 bits per heavy atom. The lowest BCUT2D eigenvalue weighted by atomic mass is 9.94. The highest BCUT2D eigenvalue weighted by Crippen LogP contribution is 2.32. The molecule has 0 N–H and O–H groups in total. The van der Waals surface area contributed by atoms with Crippen LogP contribution in [0.2, 0.25) is 0 Å². The maximum absolute atomic E-state index is 13.3. The third-order valence-corrected chi connectivity index (χ3v) is 5.26. The lowest BCUT2D eigenvalue weighted by Gasteiger charge is -2.36. The van der Waals surface area contributed by atoms with Crippen LogP contribution in [0, 0.1) is 0 Å². The fraction of sp³-hybridized carbons (Fsp3) is 0.364. The van der Waals surface area contributed by atoms with Crippen molar-refractivity contribution < 1.29 is 4.79 Å². The SMILES string of the molecule is CN(C)Cc1ccc([C@H]2CCCCN2C(=O)c2cnc3ccccn23)cc1.